The van der Waals surface area contributed by atoms with Crippen LogP contribution in [0.15, 0.2) is 5.38 Å². The lowest BCUT2D eigenvalue weighted by Gasteiger charge is -2.14. The van der Waals surface area contributed by atoms with Gasteiger partial charge in [-0.3, -0.25) is 4.90 Å². The van der Waals surface area contributed by atoms with Crippen molar-refractivity contribution >= 4 is 11.3 Å². The summed E-state index contributed by atoms with van der Waals surface area (Å²) in [6.07, 6.45) is 3.64. The highest BCUT2D eigenvalue weighted by atomic mass is 32.1. The van der Waals surface area contributed by atoms with E-state index in [9.17, 15) is 0 Å². The number of aryl methyl sites for hydroxylation is 1. The predicted octanol–water partition coefficient (Wildman–Crippen LogP) is 2.14. The fourth-order valence-electron chi connectivity index (χ4n) is 2.50. The van der Waals surface area contributed by atoms with Crippen LogP contribution in [0.25, 0.3) is 0 Å². The van der Waals surface area contributed by atoms with Gasteiger partial charge in [0.2, 0.25) is 0 Å². The Bertz CT molecular complexity index is 337. The van der Waals surface area contributed by atoms with Gasteiger partial charge >= 0.3 is 0 Å². The average molecular weight is 253 g/mol. The maximum absolute atomic E-state index is 4.70. The first kappa shape index (κ1) is 13.0. The molecule has 2 rings (SSSR count). The predicted molar refractivity (Wildman–Crippen MR) is 73.4 cm³/mol. The van der Waals surface area contributed by atoms with E-state index in [1.165, 1.54) is 36.6 Å². The summed E-state index contributed by atoms with van der Waals surface area (Å²) in [4.78, 5) is 7.23. The molecule has 1 aliphatic heterocycles. The second kappa shape index (κ2) is 6.47. The standard InChI is InChI=1S/C13H23N3S/c1-3-4-12-10-17-13(15-12)9-16-6-5-11(8-16)7-14-2/h10-11,14H,3-9H2,1-2H3. The second-order valence-corrected chi connectivity index (χ2v) is 5.87. The highest BCUT2D eigenvalue weighted by molar-refractivity contribution is 7.09. The zero-order valence-corrected chi connectivity index (χ0v) is 11.7. The first-order valence-electron chi connectivity index (χ1n) is 6.62. The molecular formula is C13H23N3S. The van der Waals surface area contributed by atoms with Gasteiger partial charge in [-0.05, 0) is 38.9 Å². The first-order valence-corrected chi connectivity index (χ1v) is 7.50. The summed E-state index contributed by atoms with van der Waals surface area (Å²) < 4.78 is 0. The Morgan fingerprint density at radius 3 is 3.24 bits per heavy atom. The second-order valence-electron chi connectivity index (χ2n) is 4.93. The van der Waals surface area contributed by atoms with E-state index in [2.05, 4.69) is 22.5 Å². The molecule has 1 aromatic heterocycles. The quantitative estimate of drug-likeness (QED) is 0.842. The minimum atomic E-state index is 0.829. The van der Waals surface area contributed by atoms with Crippen molar-refractivity contribution in [3.05, 3.63) is 16.1 Å². The zero-order chi connectivity index (χ0) is 12.1. The van der Waals surface area contributed by atoms with E-state index in [4.69, 9.17) is 4.98 Å². The van der Waals surface area contributed by atoms with E-state index in [1.54, 1.807) is 0 Å². The zero-order valence-electron chi connectivity index (χ0n) is 10.9. The number of thiazole rings is 1. The Labute approximate surface area is 108 Å². The summed E-state index contributed by atoms with van der Waals surface area (Å²) in [7, 11) is 2.04. The van der Waals surface area contributed by atoms with Crippen LogP contribution in [0.2, 0.25) is 0 Å². The summed E-state index contributed by atoms with van der Waals surface area (Å²) in [5.41, 5.74) is 1.28. The molecule has 1 N–H and O–H groups in total. The molecule has 96 valence electrons. The van der Waals surface area contributed by atoms with Crippen molar-refractivity contribution in [1.82, 2.24) is 15.2 Å². The van der Waals surface area contributed by atoms with Crippen LogP contribution in [0.5, 0.6) is 0 Å². The van der Waals surface area contributed by atoms with Gasteiger partial charge in [-0.15, -0.1) is 11.3 Å². The highest BCUT2D eigenvalue weighted by Gasteiger charge is 2.22. The molecule has 0 bridgehead atoms. The summed E-state index contributed by atoms with van der Waals surface area (Å²) in [6, 6.07) is 0. The lowest BCUT2D eigenvalue weighted by molar-refractivity contribution is 0.315. The third-order valence-corrected chi connectivity index (χ3v) is 4.21. The molecule has 0 amide bonds. The summed E-state index contributed by atoms with van der Waals surface area (Å²) >= 11 is 1.82. The number of aromatic nitrogens is 1. The fraction of sp³-hybridized carbons (Fsp3) is 0.769. The average Bonchev–Trinajstić information content (AvgIpc) is 2.91. The van der Waals surface area contributed by atoms with Crippen molar-refractivity contribution in [2.24, 2.45) is 5.92 Å². The van der Waals surface area contributed by atoms with Crippen LogP contribution in [0.1, 0.15) is 30.5 Å². The van der Waals surface area contributed by atoms with Crippen molar-refractivity contribution in [3.8, 4) is 0 Å². The number of rotatable bonds is 6. The maximum Gasteiger partial charge on any atom is 0.107 e. The number of nitrogens with one attached hydrogen (secondary N) is 1. The van der Waals surface area contributed by atoms with E-state index in [1.807, 2.05) is 18.4 Å². The molecule has 4 heteroatoms. The summed E-state index contributed by atoms with van der Waals surface area (Å²) in [5, 5.41) is 6.79. The molecular weight excluding hydrogens is 230 g/mol. The van der Waals surface area contributed by atoms with Crippen LogP contribution in [0.3, 0.4) is 0 Å². The Morgan fingerprint density at radius 2 is 2.47 bits per heavy atom. The van der Waals surface area contributed by atoms with Crippen molar-refractivity contribution in [2.75, 3.05) is 26.7 Å². The van der Waals surface area contributed by atoms with Gasteiger partial charge in [0.05, 0.1) is 12.2 Å². The lowest BCUT2D eigenvalue weighted by Crippen LogP contribution is -2.24. The molecule has 1 fully saturated rings. The Hall–Kier alpha value is -0.450. The fourth-order valence-corrected chi connectivity index (χ4v) is 3.37. The minimum absolute atomic E-state index is 0.829. The third-order valence-electron chi connectivity index (χ3n) is 3.33. The highest BCUT2D eigenvalue weighted by Crippen LogP contribution is 2.20. The molecule has 2 heterocycles. The van der Waals surface area contributed by atoms with Crippen LogP contribution in [0, 0.1) is 5.92 Å². The molecule has 0 aromatic carbocycles. The number of nitrogens with zero attached hydrogens (tertiary/aromatic N) is 2. The number of hydrogen-bond acceptors (Lipinski definition) is 4. The molecule has 1 saturated heterocycles. The Kier molecular flexibility index (Phi) is 4.95. The van der Waals surface area contributed by atoms with E-state index >= 15 is 0 Å². The van der Waals surface area contributed by atoms with Crippen LogP contribution < -0.4 is 5.32 Å². The first-order chi connectivity index (χ1) is 8.31. The number of likely N-dealkylation sites (tertiary alicyclic amines) is 1. The van der Waals surface area contributed by atoms with Crippen molar-refractivity contribution < 1.29 is 0 Å². The third kappa shape index (κ3) is 3.76. The van der Waals surface area contributed by atoms with Crippen LogP contribution in [-0.4, -0.2) is 36.6 Å². The summed E-state index contributed by atoms with van der Waals surface area (Å²) in [6.45, 7) is 6.87. The minimum Gasteiger partial charge on any atom is -0.319 e. The van der Waals surface area contributed by atoms with Crippen LogP contribution >= 0.6 is 11.3 Å². The lowest BCUT2D eigenvalue weighted by atomic mass is 10.1. The normalized spacial score (nSPS) is 21.2. The van der Waals surface area contributed by atoms with Gasteiger partial charge in [-0.25, -0.2) is 4.98 Å². The molecule has 0 radical (unpaired) electrons. The van der Waals surface area contributed by atoms with E-state index in [0.717, 1.165) is 25.4 Å². The van der Waals surface area contributed by atoms with Gasteiger partial charge < -0.3 is 5.32 Å². The molecule has 0 aliphatic carbocycles. The summed E-state index contributed by atoms with van der Waals surface area (Å²) in [5.74, 6) is 0.829. The van der Waals surface area contributed by atoms with E-state index in [0.29, 0.717) is 0 Å². The smallest absolute Gasteiger partial charge is 0.107 e. The maximum atomic E-state index is 4.70. The van der Waals surface area contributed by atoms with Gasteiger partial charge in [-0.2, -0.15) is 0 Å². The van der Waals surface area contributed by atoms with Crippen LogP contribution in [0.4, 0.5) is 0 Å². The molecule has 1 aromatic rings. The van der Waals surface area contributed by atoms with Crippen molar-refractivity contribution in [3.63, 3.8) is 0 Å². The van der Waals surface area contributed by atoms with Crippen molar-refractivity contribution in [1.29, 1.82) is 0 Å². The van der Waals surface area contributed by atoms with Gasteiger partial charge in [0, 0.05) is 11.9 Å². The molecule has 1 unspecified atom stereocenters. The van der Waals surface area contributed by atoms with E-state index in [-0.39, 0.29) is 0 Å². The van der Waals surface area contributed by atoms with Gasteiger partial charge in [0.15, 0.2) is 0 Å². The van der Waals surface area contributed by atoms with Crippen LogP contribution in [-0.2, 0) is 13.0 Å². The van der Waals surface area contributed by atoms with E-state index < -0.39 is 0 Å². The SMILES string of the molecule is CCCc1csc(CN2CCC(CNC)C2)n1. The topological polar surface area (TPSA) is 28.2 Å². The molecule has 3 nitrogen and oxygen atoms in total. The van der Waals surface area contributed by atoms with Gasteiger partial charge in [0.25, 0.3) is 0 Å². The molecule has 17 heavy (non-hydrogen) atoms. The van der Waals surface area contributed by atoms with Gasteiger partial charge in [0.1, 0.15) is 5.01 Å². The van der Waals surface area contributed by atoms with Crippen molar-refractivity contribution in [2.45, 2.75) is 32.7 Å². The number of hydrogen-bond donors (Lipinski definition) is 1. The Balaban J connectivity index is 1.80. The largest absolute Gasteiger partial charge is 0.319 e. The molecule has 0 spiro atoms. The Morgan fingerprint density at radius 1 is 1.59 bits per heavy atom. The molecule has 1 aliphatic rings. The van der Waals surface area contributed by atoms with Gasteiger partial charge in [-0.1, -0.05) is 13.3 Å². The monoisotopic (exact) mass is 253 g/mol. The molecule has 0 saturated carbocycles. The molecule has 1 atom stereocenters.